The van der Waals surface area contributed by atoms with Crippen molar-refractivity contribution in [3.05, 3.63) is 35.4 Å². The van der Waals surface area contributed by atoms with Crippen molar-refractivity contribution in [2.75, 3.05) is 6.61 Å². The fourth-order valence-corrected chi connectivity index (χ4v) is 6.95. The highest BCUT2D eigenvalue weighted by molar-refractivity contribution is 6.75. The molecule has 222 valence electrons. The van der Waals surface area contributed by atoms with Crippen LogP contribution >= 0.6 is 0 Å². The van der Waals surface area contributed by atoms with E-state index in [1.807, 2.05) is 0 Å². The summed E-state index contributed by atoms with van der Waals surface area (Å²) in [6.45, 7) is 29.5. The summed E-state index contributed by atoms with van der Waals surface area (Å²) in [5.41, 5.74) is 3.34. The molecule has 0 spiro atoms. The van der Waals surface area contributed by atoms with Gasteiger partial charge in [0, 0.05) is 30.9 Å². The Bertz CT molecular complexity index is 949. The summed E-state index contributed by atoms with van der Waals surface area (Å²) in [5.74, 6) is 2.16. The van der Waals surface area contributed by atoms with Crippen molar-refractivity contribution in [3.63, 3.8) is 0 Å². The molecule has 0 unspecified atom stereocenters. The molecule has 1 fully saturated rings. The zero-order valence-corrected chi connectivity index (χ0v) is 29.1. The van der Waals surface area contributed by atoms with Crippen LogP contribution in [0.4, 0.5) is 0 Å². The van der Waals surface area contributed by atoms with Crippen LogP contribution in [-0.4, -0.2) is 34.1 Å². The SMILES string of the molecule is C=C(CCO)[C@@H]1CCC(=O)C[C@H]1c1c(O[Si](C)(C)C(C)(C)C)cc(CCCCC)cc1O[Si](C)(C)C(C)(C)C. The van der Waals surface area contributed by atoms with E-state index >= 15 is 0 Å². The quantitative estimate of drug-likeness (QED) is 0.153. The average molecular weight is 575 g/mol. The van der Waals surface area contributed by atoms with Crippen molar-refractivity contribution in [1.82, 2.24) is 0 Å². The Morgan fingerprint density at radius 1 is 0.974 bits per heavy atom. The van der Waals surface area contributed by atoms with E-state index in [1.54, 1.807) is 0 Å². The first kappa shape index (κ1) is 33.8. The molecule has 1 aromatic carbocycles. The van der Waals surface area contributed by atoms with Crippen LogP contribution in [0.1, 0.15) is 110 Å². The molecular formula is C33H58O4Si2. The molecule has 1 aliphatic rings. The minimum Gasteiger partial charge on any atom is -0.543 e. The average Bonchev–Trinajstić information content (AvgIpc) is 2.77. The molecule has 0 aliphatic heterocycles. The number of aliphatic hydroxyl groups excluding tert-OH is 1. The Morgan fingerprint density at radius 2 is 1.49 bits per heavy atom. The van der Waals surface area contributed by atoms with E-state index in [-0.39, 0.29) is 34.3 Å². The molecule has 0 saturated heterocycles. The zero-order valence-electron chi connectivity index (χ0n) is 27.1. The molecular weight excluding hydrogens is 517 g/mol. The number of carbonyl (C=O) groups excluding carboxylic acids is 1. The van der Waals surface area contributed by atoms with Crippen molar-refractivity contribution in [2.24, 2.45) is 5.92 Å². The number of benzene rings is 1. The molecule has 4 nitrogen and oxygen atoms in total. The van der Waals surface area contributed by atoms with E-state index in [2.05, 4.69) is 93.4 Å². The van der Waals surface area contributed by atoms with E-state index in [1.165, 1.54) is 18.4 Å². The molecule has 0 heterocycles. The third kappa shape index (κ3) is 8.56. The second kappa shape index (κ2) is 13.1. The summed E-state index contributed by atoms with van der Waals surface area (Å²) in [6.07, 6.45) is 6.84. The van der Waals surface area contributed by atoms with Crippen molar-refractivity contribution in [3.8, 4) is 11.5 Å². The number of carbonyl (C=O) groups is 1. The molecule has 0 radical (unpaired) electrons. The maximum absolute atomic E-state index is 13.0. The number of aryl methyl sites for hydroxylation is 1. The first-order chi connectivity index (χ1) is 17.8. The summed E-state index contributed by atoms with van der Waals surface area (Å²) >= 11 is 0. The Hall–Kier alpha value is -1.38. The van der Waals surface area contributed by atoms with E-state index in [0.717, 1.165) is 41.9 Å². The van der Waals surface area contributed by atoms with Crippen molar-refractivity contribution in [2.45, 2.75) is 142 Å². The van der Waals surface area contributed by atoms with Gasteiger partial charge >= 0.3 is 0 Å². The lowest BCUT2D eigenvalue weighted by molar-refractivity contribution is -0.121. The highest BCUT2D eigenvalue weighted by Crippen LogP contribution is 2.51. The van der Waals surface area contributed by atoms with Gasteiger partial charge in [0.25, 0.3) is 0 Å². The van der Waals surface area contributed by atoms with Gasteiger partial charge in [-0.2, -0.15) is 0 Å². The second-order valence-electron chi connectivity index (χ2n) is 14.8. The Labute approximate surface area is 242 Å². The van der Waals surface area contributed by atoms with E-state index in [4.69, 9.17) is 8.85 Å². The summed E-state index contributed by atoms with van der Waals surface area (Å²) in [4.78, 5) is 13.0. The van der Waals surface area contributed by atoms with Crippen LogP contribution in [0.5, 0.6) is 11.5 Å². The maximum atomic E-state index is 13.0. The lowest BCUT2D eigenvalue weighted by Crippen LogP contribution is -2.45. The van der Waals surface area contributed by atoms with Crippen LogP contribution in [0.2, 0.25) is 36.3 Å². The fourth-order valence-electron chi connectivity index (χ4n) is 4.90. The summed E-state index contributed by atoms with van der Waals surface area (Å²) < 4.78 is 14.3. The number of aliphatic hydroxyl groups is 1. The molecule has 0 bridgehead atoms. The number of hydrogen-bond acceptors (Lipinski definition) is 4. The van der Waals surface area contributed by atoms with Gasteiger partial charge in [0.05, 0.1) is 0 Å². The van der Waals surface area contributed by atoms with Crippen molar-refractivity contribution >= 4 is 22.4 Å². The molecule has 39 heavy (non-hydrogen) atoms. The van der Waals surface area contributed by atoms with E-state index in [9.17, 15) is 9.90 Å². The number of unbranched alkanes of at least 4 members (excludes halogenated alkanes) is 2. The van der Waals surface area contributed by atoms with E-state index in [0.29, 0.717) is 19.3 Å². The van der Waals surface area contributed by atoms with E-state index < -0.39 is 16.6 Å². The largest absolute Gasteiger partial charge is 0.543 e. The summed E-state index contributed by atoms with van der Waals surface area (Å²) in [5, 5.41) is 9.81. The summed E-state index contributed by atoms with van der Waals surface area (Å²) in [6, 6.07) is 4.52. The molecule has 1 aliphatic carbocycles. The fraction of sp³-hybridized carbons (Fsp3) is 0.727. The van der Waals surface area contributed by atoms with Gasteiger partial charge in [-0.3, -0.25) is 4.79 Å². The van der Waals surface area contributed by atoms with Gasteiger partial charge in [0.15, 0.2) is 0 Å². The van der Waals surface area contributed by atoms with Crippen LogP contribution in [0.25, 0.3) is 0 Å². The predicted molar refractivity (Wildman–Crippen MR) is 171 cm³/mol. The molecule has 1 aromatic rings. The lowest BCUT2D eigenvalue weighted by atomic mass is 9.70. The molecule has 2 atom stereocenters. The standard InChI is InChI=1S/C33H58O4Si2/c1-13-14-15-16-25-21-29(36-38(9,10)32(3,4)5)31(30(22-25)37-39(11,12)33(6,7)8)28-23-26(35)17-18-27(28)24(2)19-20-34/h21-22,27-28,34H,2,13-20,23H2,1,3-12H3/t27-,28+/m0/s1. The highest BCUT2D eigenvalue weighted by Gasteiger charge is 2.44. The molecule has 2 rings (SSSR count). The molecule has 1 saturated carbocycles. The monoisotopic (exact) mass is 574 g/mol. The van der Waals surface area contributed by atoms with Gasteiger partial charge < -0.3 is 14.0 Å². The van der Waals surface area contributed by atoms with Crippen LogP contribution in [-0.2, 0) is 11.2 Å². The summed E-state index contributed by atoms with van der Waals surface area (Å²) in [7, 11) is -4.39. The first-order valence-electron chi connectivity index (χ1n) is 15.2. The van der Waals surface area contributed by atoms with Gasteiger partial charge in [-0.15, -0.1) is 0 Å². The first-order valence-corrected chi connectivity index (χ1v) is 21.0. The normalized spacial score (nSPS) is 19.2. The van der Waals surface area contributed by atoms with Crippen LogP contribution in [0.3, 0.4) is 0 Å². The Morgan fingerprint density at radius 3 is 1.92 bits per heavy atom. The van der Waals surface area contributed by atoms with Crippen LogP contribution in [0.15, 0.2) is 24.3 Å². The number of Topliss-reactive ketones (excluding diaryl/α,β-unsaturated/α-hetero) is 1. The van der Waals surface area contributed by atoms with Crippen LogP contribution < -0.4 is 8.85 Å². The number of hydrogen-bond donors (Lipinski definition) is 1. The molecule has 0 aromatic heterocycles. The number of rotatable bonds is 12. The van der Waals surface area contributed by atoms with Crippen LogP contribution in [0, 0.1) is 5.92 Å². The van der Waals surface area contributed by atoms with Gasteiger partial charge in [-0.05, 0) is 85.6 Å². The Kier molecular flexibility index (Phi) is 11.3. The third-order valence-corrected chi connectivity index (χ3v) is 18.3. The van der Waals surface area contributed by atoms with Gasteiger partial charge in [-0.25, -0.2) is 0 Å². The second-order valence-corrected chi connectivity index (χ2v) is 24.3. The topological polar surface area (TPSA) is 55.8 Å². The highest BCUT2D eigenvalue weighted by atomic mass is 28.4. The van der Waals surface area contributed by atoms with Crippen molar-refractivity contribution < 1.29 is 18.8 Å². The minimum absolute atomic E-state index is 0.0329. The number of ketones is 1. The smallest absolute Gasteiger partial charge is 0.250 e. The van der Waals surface area contributed by atoms with Gasteiger partial charge in [-0.1, -0.05) is 73.5 Å². The molecule has 6 heteroatoms. The maximum Gasteiger partial charge on any atom is 0.250 e. The third-order valence-electron chi connectivity index (χ3n) is 9.57. The molecule has 1 N–H and O–H groups in total. The Balaban J connectivity index is 2.85. The van der Waals surface area contributed by atoms with Gasteiger partial charge in [0.2, 0.25) is 16.6 Å². The molecule has 0 amide bonds. The zero-order chi connectivity index (χ0) is 29.8. The predicted octanol–water partition coefficient (Wildman–Crippen LogP) is 9.58. The van der Waals surface area contributed by atoms with Crippen molar-refractivity contribution in [1.29, 1.82) is 0 Å². The minimum atomic E-state index is -2.19. The van der Waals surface area contributed by atoms with Gasteiger partial charge in [0.1, 0.15) is 17.3 Å². The lowest BCUT2D eigenvalue weighted by Gasteiger charge is -2.42.